The molecular weight excluding hydrogens is 238 g/mol. The first-order chi connectivity index (χ1) is 9.19. The fourth-order valence-corrected chi connectivity index (χ4v) is 2.75. The van der Waals surface area contributed by atoms with Crippen molar-refractivity contribution < 1.29 is 9.53 Å². The van der Waals surface area contributed by atoms with Gasteiger partial charge in [-0.3, -0.25) is 4.79 Å². The zero-order valence-electron chi connectivity index (χ0n) is 11.6. The van der Waals surface area contributed by atoms with Crippen molar-refractivity contribution in [1.29, 1.82) is 0 Å². The highest BCUT2D eigenvalue weighted by molar-refractivity contribution is 5.82. The molecule has 2 aliphatic carbocycles. The van der Waals surface area contributed by atoms with Crippen molar-refractivity contribution >= 4 is 5.91 Å². The summed E-state index contributed by atoms with van der Waals surface area (Å²) in [5.74, 6) is 2.59. The lowest BCUT2D eigenvalue weighted by Crippen LogP contribution is -2.30. The Kier molecular flexibility index (Phi) is 3.21. The molecule has 2 aliphatic rings. The van der Waals surface area contributed by atoms with Gasteiger partial charge in [0.1, 0.15) is 5.75 Å². The molecule has 3 heteroatoms. The molecule has 0 bridgehead atoms. The van der Waals surface area contributed by atoms with Crippen molar-refractivity contribution in [2.45, 2.75) is 25.2 Å². The molecule has 19 heavy (non-hydrogen) atoms. The third-order valence-electron chi connectivity index (χ3n) is 4.26. The normalized spacial score (nSPS) is 24.9. The summed E-state index contributed by atoms with van der Waals surface area (Å²) in [5.41, 5.74) is 1.26. The molecule has 1 aromatic rings. The molecule has 0 saturated heterocycles. The molecular formula is C16H21NO2. The van der Waals surface area contributed by atoms with Gasteiger partial charge in [0, 0.05) is 19.5 Å². The number of carbonyl (C=O) groups is 1. The van der Waals surface area contributed by atoms with Gasteiger partial charge in [0.25, 0.3) is 0 Å². The number of amides is 1. The van der Waals surface area contributed by atoms with Crippen LogP contribution in [0.15, 0.2) is 24.3 Å². The maximum absolute atomic E-state index is 12.3. The Hall–Kier alpha value is -1.51. The van der Waals surface area contributed by atoms with Crippen LogP contribution in [0.1, 0.15) is 30.7 Å². The molecule has 1 amide bonds. The summed E-state index contributed by atoms with van der Waals surface area (Å²) >= 11 is 0. The van der Waals surface area contributed by atoms with E-state index in [9.17, 15) is 4.79 Å². The van der Waals surface area contributed by atoms with E-state index in [4.69, 9.17) is 4.74 Å². The quantitative estimate of drug-likeness (QED) is 0.813. The zero-order valence-corrected chi connectivity index (χ0v) is 11.6. The first-order valence-electron chi connectivity index (χ1n) is 7.08. The Bertz CT molecular complexity index is 464. The number of hydrogen-bond donors (Lipinski definition) is 0. The lowest BCUT2D eigenvalue weighted by molar-refractivity contribution is -0.131. The second-order valence-electron chi connectivity index (χ2n) is 5.88. The summed E-state index contributed by atoms with van der Waals surface area (Å²) in [6.07, 6.45) is 3.59. The molecule has 0 aliphatic heterocycles. The van der Waals surface area contributed by atoms with Crippen LogP contribution in [0.2, 0.25) is 0 Å². The molecule has 0 radical (unpaired) electrons. The number of benzene rings is 1. The molecule has 102 valence electrons. The van der Waals surface area contributed by atoms with Gasteiger partial charge < -0.3 is 9.64 Å². The van der Waals surface area contributed by atoms with Gasteiger partial charge in [-0.2, -0.15) is 0 Å². The predicted molar refractivity (Wildman–Crippen MR) is 74.2 cm³/mol. The smallest absolute Gasteiger partial charge is 0.226 e. The number of carbonyl (C=O) groups excluding carboxylic acids is 1. The Balaban J connectivity index is 1.58. The monoisotopic (exact) mass is 259 g/mol. The van der Waals surface area contributed by atoms with Crippen molar-refractivity contribution in [2.75, 3.05) is 20.7 Å². The average Bonchev–Trinajstić information content (AvgIpc) is 3.32. The maximum atomic E-state index is 12.3. The van der Waals surface area contributed by atoms with E-state index in [0.717, 1.165) is 24.6 Å². The zero-order chi connectivity index (χ0) is 13.4. The summed E-state index contributed by atoms with van der Waals surface area (Å²) in [5, 5.41) is 0. The van der Waals surface area contributed by atoms with Crippen LogP contribution in [-0.4, -0.2) is 31.5 Å². The summed E-state index contributed by atoms with van der Waals surface area (Å²) in [6, 6.07) is 8.11. The Morgan fingerprint density at radius 1 is 1.32 bits per heavy atom. The van der Waals surface area contributed by atoms with E-state index < -0.39 is 0 Å². The number of rotatable bonds is 5. The topological polar surface area (TPSA) is 29.5 Å². The van der Waals surface area contributed by atoms with E-state index in [-0.39, 0.29) is 5.92 Å². The van der Waals surface area contributed by atoms with Gasteiger partial charge in [0.15, 0.2) is 0 Å². The lowest BCUT2D eigenvalue weighted by atomic mass is 10.1. The summed E-state index contributed by atoms with van der Waals surface area (Å²) < 4.78 is 5.16. The molecule has 0 N–H and O–H groups in total. The van der Waals surface area contributed by atoms with Gasteiger partial charge in [-0.25, -0.2) is 0 Å². The number of methoxy groups -OCH3 is 1. The largest absolute Gasteiger partial charge is 0.497 e. The highest BCUT2D eigenvalue weighted by atomic mass is 16.5. The van der Waals surface area contributed by atoms with E-state index in [1.165, 1.54) is 18.4 Å². The first kappa shape index (κ1) is 12.5. The molecule has 0 aromatic heterocycles. The third kappa shape index (κ3) is 2.75. The van der Waals surface area contributed by atoms with Crippen molar-refractivity contribution in [3.8, 4) is 5.75 Å². The summed E-state index contributed by atoms with van der Waals surface area (Å²) in [6.45, 7) is 0.949. The van der Waals surface area contributed by atoms with Crippen molar-refractivity contribution in [2.24, 2.45) is 11.8 Å². The molecule has 3 rings (SSSR count). The SMILES string of the molecule is COc1ccc([C@H]2C[C@H]2C(=O)N(C)CC2CC2)cc1. The van der Waals surface area contributed by atoms with E-state index in [2.05, 4.69) is 12.1 Å². The van der Waals surface area contributed by atoms with E-state index >= 15 is 0 Å². The van der Waals surface area contributed by atoms with Gasteiger partial charge in [-0.05, 0) is 48.8 Å². The van der Waals surface area contributed by atoms with E-state index in [1.54, 1.807) is 7.11 Å². The molecule has 0 unspecified atom stereocenters. The molecule has 0 spiro atoms. The molecule has 2 saturated carbocycles. The van der Waals surface area contributed by atoms with Crippen LogP contribution in [-0.2, 0) is 4.79 Å². The highest BCUT2D eigenvalue weighted by Gasteiger charge is 2.45. The van der Waals surface area contributed by atoms with Crippen molar-refractivity contribution in [1.82, 2.24) is 4.90 Å². The minimum Gasteiger partial charge on any atom is -0.497 e. The number of nitrogens with zero attached hydrogens (tertiary/aromatic N) is 1. The van der Waals surface area contributed by atoms with Gasteiger partial charge in [0.2, 0.25) is 5.91 Å². The van der Waals surface area contributed by atoms with Crippen molar-refractivity contribution in [3.05, 3.63) is 29.8 Å². The van der Waals surface area contributed by atoms with Crippen LogP contribution < -0.4 is 4.74 Å². The van der Waals surface area contributed by atoms with Gasteiger partial charge in [-0.15, -0.1) is 0 Å². The number of ether oxygens (including phenoxy) is 1. The summed E-state index contributed by atoms with van der Waals surface area (Å²) in [4.78, 5) is 14.2. The Morgan fingerprint density at radius 3 is 2.58 bits per heavy atom. The van der Waals surface area contributed by atoms with Crippen LogP contribution in [0.3, 0.4) is 0 Å². The van der Waals surface area contributed by atoms with Crippen LogP contribution in [0.25, 0.3) is 0 Å². The van der Waals surface area contributed by atoms with Gasteiger partial charge in [-0.1, -0.05) is 12.1 Å². The van der Waals surface area contributed by atoms with E-state index in [0.29, 0.717) is 11.8 Å². The molecule has 0 heterocycles. The van der Waals surface area contributed by atoms with Gasteiger partial charge in [0.05, 0.1) is 7.11 Å². The minimum atomic E-state index is 0.206. The molecule has 2 fully saturated rings. The standard InChI is InChI=1S/C16H21NO2/c1-17(10-11-3-4-11)16(18)15-9-14(15)12-5-7-13(19-2)8-6-12/h5-8,11,14-15H,3-4,9-10H2,1-2H3/t14-,15-/m1/s1. The Labute approximate surface area is 114 Å². The third-order valence-corrected chi connectivity index (χ3v) is 4.26. The van der Waals surface area contributed by atoms with Crippen LogP contribution in [0, 0.1) is 11.8 Å². The average molecular weight is 259 g/mol. The minimum absolute atomic E-state index is 0.206. The van der Waals surface area contributed by atoms with E-state index in [1.807, 2.05) is 24.1 Å². The Morgan fingerprint density at radius 2 is 2.00 bits per heavy atom. The van der Waals surface area contributed by atoms with Crippen LogP contribution in [0.5, 0.6) is 5.75 Å². The maximum Gasteiger partial charge on any atom is 0.226 e. The first-order valence-corrected chi connectivity index (χ1v) is 7.08. The van der Waals surface area contributed by atoms with Crippen LogP contribution in [0.4, 0.5) is 0 Å². The molecule has 1 aromatic carbocycles. The van der Waals surface area contributed by atoms with Crippen LogP contribution >= 0.6 is 0 Å². The highest BCUT2D eigenvalue weighted by Crippen LogP contribution is 2.48. The van der Waals surface area contributed by atoms with Crippen molar-refractivity contribution in [3.63, 3.8) is 0 Å². The second kappa shape index (κ2) is 4.87. The summed E-state index contributed by atoms with van der Waals surface area (Å²) in [7, 11) is 3.62. The number of hydrogen-bond acceptors (Lipinski definition) is 2. The fourth-order valence-electron chi connectivity index (χ4n) is 2.75. The molecule has 3 nitrogen and oxygen atoms in total. The molecule has 2 atom stereocenters. The van der Waals surface area contributed by atoms with Gasteiger partial charge >= 0.3 is 0 Å². The predicted octanol–water partition coefficient (Wildman–Crippen LogP) is 2.67. The lowest BCUT2D eigenvalue weighted by Gasteiger charge is -2.16. The fraction of sp³-hybridized carbons (Fsp3) is 0.562. The second-order valence-corrected chi connectivity index (χ2v) is 5.88.